The van der Waals surface area contributed by atoms with E-state index in [1.165, 1.54) is 7.11 Å². The van der Waals surface area contributed by atoms with Crippen molar-refractivity contribution in [2.45, 2.75) is 6.54 Å². The Hall–Kier alpha value is -1.75. The summed E-state index contributed by atoms with van der Waals surface area (Å²) < 4.78 is 9.50. The molecule has 0 aliphatic rings. The van der Waals surface area contributed by atoms with Crippen LogP contribution >= 0.6 is 11.3 Å². The van der Waals surface area contributed by atoms with E-state index < -0.39 is 6.09 Å². The molecule has 0 aromatic carbocycles. The van der Waals surface area contributed by atoms with Gasteiger partial charge in [0.05, 0.1) is 26.2 Å². The number of ether oxygens (including phenoxy) is 1. The minimum absolute atomic E-state index is 0.418. The van der Waals surface area contributed by atoms with Crippen molar-refractivity contribution in [1.29, 1.82) is 0 Å². The molecule has 0 radical (unpaired) electrons. The Kier molecular flexibility index (Phi) is 3.26. The van der Waals surface area contributed by atoms with E-state index in [0.29, 0.717) is 6.54 Å². The fourth-order valence-corrected chi connectivity index (χ4v) is 2.12. The summed E-state index contributed by atoms with van der Waals surface area (Å²) in [5.74, 6) is 0. The normalized spacial score (nSPS) is 10.1. The Morgan fingerprint density at radius 3 is 3.12 bits per heavy atom. The van der Waals surface area contributed by atoms with Crippen molar-refractivity contribution in [3.05, 3.63) is 34.9 Å². The highest BCUT2D eigenvalue weighted by Crippen LogP contribution is 2.25. The molecule has 0 unspecified atom stereocenters. The molecule has 2 rings (SSSR count). The van der Waals surface area contributed by atoms with Crippen LogP contribution in [0.2, 0.25) is 0 Å². The standard InChI is InChI=1S/C11H11NO3S/c1-14-11(13)12-5-10-4-9(7-16-10)8-2-3-15-6-8/h2-4,6-7H,5H2,1H3,(H,12,13). The monoisotopic (exact) mass is 237 g/mol. The molecular formula is C11H11NO3S. The minimum atomic E-state index is -0.418. The van der Waals surface area contributed by atoms with Gasteiger partial charge in [-0.15, -0.1) is 11.3 Å². The van der Waals surface area contributed by atoms with E-state index in [0.717, 1.165) is 16.0 Å². The molecule has 4 nitrogen and oxygen atoms in total. The third-order valence-corrected chi connectivity index (χ3v) is 3.04. The first kappa shape index (κ1) is 10.8. The Balaban J connectivity index is 2.00. The van der Waals surface area contributed by atoms with E-state index in [4.69, 9.17) is 4.42 Å². The predicted octanol–water partition coefficient (Wildman–Crippen LogP) is 2.86. The van der Waals surface area contributed by atoms with Gasteiger partial charge in [-0.25, -0.2) is 4.79 Å². The third kappa shape index (κ3) is 2.43. The van der Waals surface area contributed by atoms with Gasteiger partial charge >= 0.3 is 6.09 Å². The molecule has 1 amide bonds. The van der Waals surface area contributed by atoms with Crippen molar-refractivity contribution in [1.82, 2.24) is 5.32 Å². The van der Waals surface area contributed by atoms with E-state index in [-0.39, 0.29) is 0 Å². The van der Waals surface area contributed by atoms with Gasteiger partial charge in [-0.3, -0.25) is 0 Å². The molecule has 0 bridgehead atoms. The number of furan rings is 1. The summed E-state index contributed by atoms with van der Waals surface area (Å²) in [5.41, 5.74) is 2.14. The summed E-state index contributed by atoms with van der Waals surface area (Å²) in [7, 11) is 1.35. The van der Waals surface area contributed by atoms with Crippen molar-refractivity contribution in [3.8, 4) is 11.1 Å². The Bertz CT molecular complexity index is 461. The second-order valence-electron chi connectivity index (χ2n) is 3.16. The highest BCUT2D eigenvalue weighted by atomic mass is 32.1. The van der Waals surface area contributed by atoms with Crippen molar-refractivity contribution in [3.63, 3.8) is 0 Å². The van der Waals surface area contributed by atoms with Gasteiger partial charge in [0.25, 0.3) is 0 Å². The van der Waals surface area contributed by atoms with E-state index in [9.17, 15) is 4.79 Å². The minimum Gasteiger partial charge on any atom is -0.472 e. The molecule has 2 heterocycles. The lowest BCUT2D eigenvalue weighted by molar-refractivity contribution is 0.170. The smallest absolute Gasteiger partial charge is 0.407 e. The molecule has 0 atom stereocenters. The summed E-state index contributed by atoms with van der Waals surface area (Å²) in [5, 5.41) is 4.66. The number of carbonyl (C=O) groups excluding carboxylic acids is 1. The lowest BCUT2D eigenvalue weighted by Gasteiger charge is -1.99. The van der Waals surface area contributed by atoms with Gasteiger partial charge in [-0.1, -0.05) is 0 Å². The number of nitrogens with one attached hydrogen (secondary N) is 1. The van der Waals surface area contributed by atoms with Crippen LogP contribution in [0, 0.1) is 0 Å². The van der Waals surface area contributed by atoms with Crippen LogP contribution in [0.15, 0.2) is 34.5 Å². The molecule has 16 heavy (non-hydrogen) atoms. The molecule has 0 fully saturated rings. The number of hydrogen-bond donors (Lipinski definition) is 1. The largest absolute Gasteiger partial charge is 0.472 e. The molecular weight excluding hydrogens is 226 g/mol. The predicted molar refractivity (Wildman–Crippen MR) is 61.3 cm³/mol. The molecule has 0 aliphatic heterocycles. The SMILES string of the molecule is COC(=O)NCc1cc(-c2ccoc2)cs1. The maximum Gasteiger partial charge on any atom is 0.407 e. The van der Waals surface area contributed by atoms with Crippen LogP contribution in [-0.4, -0.2) is 13.2 Å². The second-order valence-corrected chi connectivity index (χ2v) is 4.15. The molecule has 2 aromatic heterocycles. The van der Waals surface area contributed by atoms with Crippen molar-refractivity contribution in [2.24, 2.45) is 0 Å². The van der Waals surface area contributed by atoms with Crippen LogP contribution in [0.5, 0.6) is 0 Å². The maximum atomic E-state index is 10.9. The lowest BCUT2D eigenvalue weighted by Crippen LogP contribution is -2.21. The van der Waals surface area contributed by atoms with Crippen LogP contribution in [0.25, 0.3) is 11.1 Å². The zero-order valence-electron chi connectivity index (χ0n) is 8.73. The van der Waals surface area contributed by atoms with E-state index in [1.807, 2.05) is 17.5 Å². The molecule has 2 aromatic rings. The molecule has 1 N–H and O–H groups in total. The van der Waals surface area contributed by atoms with Crippen LogP contribution in [0.1, 0.15) is 4.88 Å². The first-order chi connectivity index (χ1) is 7.79. The maximum absolute atomic E-state index is 10.9. The topological polar surface area (TPSA) is 51.5 Å². The Morgan fingerprint density at radius 1 is 1.56 bits per heavy atom. The number of carbonyl (C=O) groups is 1. The summed E-state index contributed by atoms with van der Waals surface area (Å²) in [6.07, 6.45) is 2.91. The third-order valence-electron chi connectivity index (χ3n) is 2.10. The average Bonchev–Trinajstić information content (AvgIpc) is 2.95. The molecule has 0 aliphatic carbocycles. The van der Waals surface area contributed by atoms with Gasteiger partial charge in [0.2, 0.25) is 0 Å². The fraction of sp³-hybridized carbons (Fsp3) is 0.182. The summed E-state index contributed by atoms with van der Waals surface area (Å²) >= 11 is 1.59. The number of rotatable bonds is 3. The summed E-state index contributed by atoms with van der Waals surface area (Å²) in [6, 6.07) is 3.92. The number of amides is 1. The van der Waals surface area contributed by atoms with Crippen molar-refractivity contribution in [2.75, 3.05) is 7.11 Å². The quantitative estimate of drug-likeness (QED) is 0.893. The lowest BCUT2D eigenvalue weighted by atomic mass is 10.2. The first-order valence-corrected chi connectivity index (χ1v) is 5.59. The average molecular weight is 237 g/mol. The molecule has 0 saturated heterocycles. The molecule has 0 spiro atoms. The molecule has 5 heteroatoms. The van der Waals surface area contributed by atoms with Crippen LogP contribution in [0.3, 0.4) is 0 Å². The fourth-order valence-electron chi connectivity index (χ4n) is 1.28. The van der Waals surface area contributed by atoms with Gasteiger partial charge < -0.3 is 14.5 Å². The van der Waals surface area contributed by atoms with E-state index in [1.54, 1.807) is 23.9 Å². The molecule has 0 saturated carbocycles. The molecule has 84 valence electrons. The van der Waals surface area contributed by atoms with Crippen molar-refractivity contribution < 1.29 is 13.9 Å². The zero-order valence-corrected chi connectivity index (χ0v) is 9.54. The van der Waals surface area contributed by atoms with E-state index >= 15 is 0 Å². The number of hydrogen-bond acceptors (Lipinski definition) is 4. The zero-order chi connectivity index (χ0) is 11.4. The second kappa shape index (κ2) is 4.85. The Labute approximate surface area is 96.8 Å². The highest BCUT2D eigenvalue weighted by Gasteiger charge is 2.05. The van der Waals surface area contributed by atoms with Gasteiger partial charge in [0.1, 0.15) is 0 Å². The van der Waals surface area contributed by atoms with Gasteiger partial charge in [0.15, 0.2) is 0 Å². The Morgan fingerprint density at radius 2 is 2.44 bits per heavy atom. The van der Waals surface area contributed by atoms with E-state index in [2.05, 4.69) is 10.1 Å². The van der Waals surface area contributed by atoms with Crippen molar-refractivity contribution >= 4 is 17.4 Å². The van der Waals surface area contributed by atoms with Gasteiger partial charge in [0, 0.05) is 10.4 Å². The van der Waals surface area contributed by atoms with Crippen LogP contribution in [0.4, 0.5) is 4.79 Å². The van der Waals surface area contributed by atoms with Crippen LogP contribution in [-0.2, 0) is 11.3 Å². The highest BCUT2D eigenvalue weighted by molar-refractivity contribution is 7.10. The first-order valence-electron chi connectivity index (χ1n) is 4.71. The van der Waals surface area contributed by atoms with Gasteiger partial charge in [-0.05, 0) is 23.1 Å². The summed E-state index contributed by atoms with van der Waals surface area (Å²) in [4.78, 5) is 11.9. The summed E-state index contributed by atoms with van der Waals surface area (Å²) in [6.45, 7) is 0.481. The number of methoxy groups -OCH3 is 1. The van der Waals surface area contributed by atoms with Gasteiger partial charge in [-0.2, -0.15) is 0 Å². The van der Waals surface area contributed by atoms with Crippen LogP contribution < -0.4 is 5.32 Å². The number of alkyl carbamates (subject to hydrolysis) is 1. The number of thiophene rings is 1.